The third kappa shape index (κ3) is 4.83. The molecule has 0 aliphatic carbocycles. The van der Waals surface area contributed by atoms with Crippen molar-refractivity contribution in [2.45, 2.75) is 13.0 Å². The molecule has 1 aromatic heterocycles. The van der Waals surface area contributed by atoms with E-state index in [0.717, 1.165) is 22.8 Å². The van der Waals surface area contributed by atoms with E-state index in [1.54, 1.807) is 18.2 Å². The van der Waals surface area contributed by atoms with E-state index in [9.17, 15) is 9.18 Å². The molecular weight excluding hydrogens is 413 g/mol. The number of nitrogens with one attached hydrogen (secondary N) is 1. The lowest BCUT2D eigenvalue weighted by Gasteiger charge is -2.22. The minimum absolute atomic E-state index is 0.252. The van der Waals surface area contributed by atoms with Gasteiger partial charge in [0.05, 0.1) is 15.8 Å². The van der Waals surface area contributed by atoms with Crippen LogP contribution in [0.25, 0.3) is 10.2 Å². The highest BCUT2D eigenvalue weighted by atomic mass is 32.1. The van der Waals surface area contributed by atoms with Gasteiger partial charge in [-0.25, -0.2) is 14.2 Å². The first kappa shape index (κ1) is 20.8. The summed E-state index contributed by atoms with van der Waals surface area (Å²) in [6, 6.07) is 20.0. The van der Waals surface area contributed by atoms with Gasteiger partial charge in [0.15, 0.2) is 5.13 Å². The smallest absolute Gasteiger partial charge is 0.335 e. The first-order valence-corrected chi connectivity index (χ1v) is 10.7. The molecule has 0 atom stereocenters. The van der Waals surface area contributed by atoms with E-state index in [1.165, 1.54) is 23.0 Å². The summed E-state index contributed by atoms with van der Waals surface area (Å²) in [6.45, 7) is 1.25. The molecule has 0 amide bonds. The average Bonchev–Trinajstić information content (AvgIpc) is 3.23. The third-order valence-corrected chi connectivity index (χ3v) is 6.25. The highest BCUT2D eigenvalue weighted by Crippen LogP contribution is 2.31. The first-order chi connectivity index (χ1) is 15.0. The maximum absolute atomic E-state index is 14.2. The maximum atomic E-state index is 14.2. The van der Waals surface area contributed by atoms with E-state index in [-0.39, 0.29) is 11.4 Å². The standard InChI is InChI=1S/C24H22FN3O2S/c1-26-19-11-7-16(8-12-19)13-14-28(15-17-5-9-18(10-6-17)23(29)30)24-27-21-4-2-3-20(25)22(21)31-24/h2-12,26H,13-15H2,1H3,(H,29,30). The van der Waals surface area contributed by atoms with Crippen molar-refractivity contribution >= 4 is 38.3 Å². The van der Waals surface area contributed by atoms with E-state index in [2.05, 4.69) is 27.3 Å². The van der Waals surface area contributed by atoms with E-state index < -0.39 is 5.97 Å². The zero-order chi connectivity index (χ0) is 21.8. The molecule has 4 aromatic rings. The van der Waals surface area contributed by atoms with Crippen LogP contribution >= 0.6 is 11.3 Å². The number of halogens is 1. The largest absolute Gasteiger partial charge is 0.478 e. The number of aromatic carboxylic acids is 1. The number of aromatic nitrogens is 1. The second-order valence-corrected chi connectivity index (χ2v) is 8.18. The molecule has 0 bridgehead atoms. The number of hydrogen-bond acceptors (Lipinski definition) is 5. The summed E-state index contributed by atoms with van der Waals surface area (Å²) >= 11 is 1.34. The number of rotatable bonds is 8. The summed E-state index contributed by atoms with van der Waals surface area (Å²) < 4.78 is 14.8. The van der Waals surface area contributed by atoms with Gasteiger partial charge in [0.2, 0.25) is 0 Å². The zero-order valence-corrected chi connectivity index (χ0v) is 17.8. The Morgan fingerprint density at radius 1 is 1.06 bits per heavy atom. The Morgan fingerprint density at radius 2 is 1.77 bits per heavy atom. The fraction of sp³-hybridized carbons (Fsp3) is 0.167. The molecule has 0 saturated heterocycles. The number of fused-ring (bicyclic) bond motifs is 1. The van der Waals surface area contributed by atoms with Gasteiger partial charge in [0, 0.05) is 25.8 Å². The fourth-order valence-corrected chi connectivity index (χ4v) is 4.35. The summed E-state index contributed by atoms with van der Waals surface area (Å²) in [7, 11) is 1.89. The van der Waals surface area contributed by atoms with Gasteiger partial charge in [-0.2, -0.15) is 0 Å². The topological polar surface area (TPSA) is 65.5 Å². The number of carbonyl (C=O) groups is 1. The van der Waals surface area contributed by atoms with Crippen LogP contribution in [0.3, 0.4) is 0 Å². The second-order valence-electron chi connectivity index (χ2n) is 7.21. The molecule has 3 aromatic carbocycles. The summed E-state index contributed by atoms with van der Waals surface area (Å²) in [4.78, 5) is 17.9. The average molecular weight is 436 g/mol. The van der Waals surface area contributed by atoms with Crippen molar-refractivity contribution < 1.29 is 14.3 Å². The molecule has 0 aliphatic heterocycles. The van der Waals surface area contributed by atoms with Gasteiger partial charge in [0.1, 0.15) is 5.82 Å². The molecule has 31 heavy (non-hydrogen) atoms. The van der Waals surface area contributed by atoms with Crippen LogP contribution in [0.1, 0.15) is 21.5 Å². The van der Waals surface area contributed by atoms with Crippen molar-refractivity contribution in [2.75, 3.05) is 23.8 Å². The molecule has 2 N–H and O–H groups in total. The van der Waals surface area contributed by atoms with Crippen molar-refractivity contribution in [1.82, 2.24) is 4.98 Å². The third-order valence-electron chi connectivity index (χ3n) is 5.11. The number of hydrogen-bond donors (Lipinski definition) is 2. The van der Waals surface area contributed by atoms with Crippen LogP contribution < -0.4 is 10.2 Å². The lowest BCUT2D eigenvalue weighted by atomic mass is 10.1. The van der Waals surface area contributed by atoms with E-state index in [4.69, 9.17) is 5.11 Å². The summed E-state index contributed by atoms with van der Waals surface area (Å²) in [5, 5.41) is 13.0. The van der Waals surface area contributed by atoms with E-state index >= 15 is 0 Å². The predicted octanol–water partition coefficient (Wildman–Crippen LogP) is 5.42. The van der Waals surface area contributed by atoms with Crippen LogP contribution in [-0.4, -0.2) is 29.7 Å². The van der Waals surface area contributed by atoms with Crippen LogP contribution in [0.2, 0.25) is 0 Å². The zero-order valence-electron chi connectivity index (χ0n) is 17.0. The summed E-state index contributed by atoms with van der Waals surface area (Å²) in [5.74, 6) is -1.22. The molecule has 0 aliphatic rings. The molecule has 7 heteroatoms. The minimum atomic E-state index is -0.949. The normalized spacial score (nSPS) is 10.9. The second kappa shape index (κ2) is 9.14. The van der Waals surface area contributed by atoms with Gasteiger partial charge in [-0.05, 0) is 53.9 Å². The van der Waals surface area contributed by atoms with Gasteiger partial charge < -0.3 is 15.3 Å². The number of carboxylic acids is 1. The van der Waals surface area contributed by atoms with Gasteiger partial charge in [-0.3, -0.25) is 0 Å². The van der Waals surface area contributed by atoms with Crippen molar-refractivity contribution in [3.05, 3.63) is 89.2 Å². The molecule has 0 saturated carbocycles. The molecule has 0 radical (unpaired) electrons. The molecule has 0 spiro atoms. The molecular formula is C24H22FN3O2S. The minimum Gasteiger partial charge on any atom is -0.478 e. The number of carboxylic acid groups (broad SMARTS) is 1. The molecule has 0 unspecified atom stereocenters. The van der Waals surface area contributed by atoms with Gasteiger partial charge in [-0.1, -0.05) is 41.7 Å². The van der Waals surface area contributed by atoms with Crippen LogP contribution in [0.4, 0.5) is 15.2 Å². The molecule has 0 fully saturated rings. The van der Waals surface area contributed by atoms with Crippen molar-refractivity contribution in [2.24, 2.45) is 0 Å². The lowest BCUT2D eigenvalue weighted by Crippen LogP contribution is -2.25. The maximum Gasteiger partial charge on any atom is 0.335 e. The van der Waals surface area contributed by atoms with Gasteiger partial charge in [0.25, 0.3) is 0 Å². The molecule has 1 heterocycles. The van der Waals surface area contributed by atoms with Crippen LogP contribution in [0, 0.1) is 5.82 Å². The Morgan fingerprint density at radius 3 is 2.42 bits per heavy atom. The van der Waals surface area contributed by atoms with E-state index in [0.29, 0.717) is 23.3 Å². The Balaban J connectivity index is 1.60. The molecule has 158 valence electrons. The van der Waals surface area contributed by atoms with Crippen LogP contribution in [-0.2, 0) is 13.0 Å². The number of thiazole rings is 1. The quantitative estimate of drug-likeness (QED) is 0.387. The van der Waals surface area contributed by atoms with Gasteiger partial charge >= 0.3 is 5.97 Å². The Kier molecular flexibility index (Phi) is 6.13. The van der Waals surface area contributed by atoms with Crippen LogP contribution in [0.15, 0.2) is 66.7 Å². The molecule has 5 nitrogen and oxygen atoms in total. The van der Waals surface area contributed by atoms with Crippen molar-refractivity contribution in [3.8, 4) is 0 Å². The SMILES string of the molecule is CNc1ccc(CCN(Cc2ccc(C(=O)O)cc2)c2nc3cccc(F)c3s2)cc1. The van der Waals surface area contributed by atoms with Gasteiger partial charge in [-0.15, -0.1) is 0 Å². The Bertz CT molecular complexity index is 1190. The lowest BCUT2D eigenvalue weighted by molar-refractivity contribution is 0.0697. The Labute approximate surface area is 183 Å². The number of benzene rings is 3. The monoisotopic (exact) mass is 435 g/mol. The molecule has 4 rings (SSSR count). The van der Waals surface area contributed by atoms with Crippen LogP contribution in [0.5, 0.6) is 0 Å². The number of anilines is 2. The van der Waals surface area contributed by atoms with Crippen molar-refractivity contribution in [3.63, 3.8) is 0 Å². The predicted molar refractivity (Wildman–Crippen MR) is 124 cm³/mol. The summed E-state index contributed by atoms with van der Waals surface area (Å²) in [6.07, 6.45) is 0.801. The first-order valence-electron chi connectivity index (χ1n) is 9.92. The Hall–Kier alpha value is -3.45. The van der Waals surface area contributed by atoms with Crippen molar-refractivity contribution in [1.29, 1.82) is 0 Å². The highest BCUT2D eigenvalue weighted by molar-refractivity contribution is 7.22. The van der Waals surface area contributed by atoms with E-state index in [1.807, 2.05) is 37.4 Å². The summed E-state index contributed by atoms with van der Waals surface area (Å²) in [5.41, 5.74) is 4.11. The number of nitrogens with zero attached hydrogens (tertiary/aromatic N) is 2. The highest BCUT2D eigenvalue weighted by Gasteiger charge is 2.15. The fourth-order valence-electron chi connectivity index (χ4n) is 3.36.